The van der Waals surface area contributed by atoms with Crippen LogP contribution >= 0.6 is 0 Å². The number of nitrogens with zero attached hydrogens (tertiary/aromatic N) is 5. The van der Waals surface area contributed by atoms with Gasteiger partial charge in [-0.1, -0.05) is 0 Å². The highest BCUT2D eigenvalue weighted by atomic mass is 16.1. The Hall–Kier alpha value is -3.35. The lowest BCUT2D eigenvalue weighted by Gasteiger charge is -2.08. The summed E-state index contributed by atoms with van der Waals surface area (Å²) in [4.78, 5) is 32.2. The lowest BCUT2D eigenvalue weighted by Crippen LogP contribution is -2.19. The fraction of sp³-hybridized carbons (Fsp3) is 0.0625. The second-order valence-corrected chi connectivity index (χ2v) is 5.12. The molecule has 0 unspecified atom stereocenters. The minimum absolute atomic E-state index is 0.0137. The van der Waals surface area contributed by atoms with Crippen molar-refractivity contribution in [2.24, 2.45) is 0 Å². The van der Waals surface area contributed by atoms with Crippen molar-refractivity contribution in [1.29, 1.82) is 0 Å². The number of ketones is 1. The number of fused-ring (bicyclic) bond motifs is 3. The number of benzene rings is 1. The molecule has 0 N–H and O–H groups in total. The minimum atomic E-state index is -0.206. The van der Waals surface area contributed by atoms with Crippen LogP contribution in [-0.4, -0.2) is 29.9 Å². The van der Waals surface area contributed by atoms with Crippen LogP contribution in [0.4, 0.5) is 0 Å². The predicted molar refractivity (Wildman–Crippen MR) is 83.9 cm³/mol. The van der Waals surface area contributed by atoms with E-state index in [2.05, 4.69) is 15.1 Å². The number of aromatic nitrogens is 5. The van der Waals surface area contributed by atoms with Crippen LogP contribution in [0.3, 0.4) is 0 Å². The molecule has 0 aliphatic carbocycles. The van der Waals surface area contributed by atoms with Crippen LogP contribution in [0.2, 0.25) is 0 Å². The molecule has 0 fully saturated rings. The van der Waals surface area contributed by atoms with Gasteiger partial charge in [0.25, 0.3) is 11.3 Å². The Bertz CT molecular complexity index is 1110. The summed E-state index contributed by atoms with van der Waals surface area (Å²) in [6.07, 6.45) is 4.57. The fourth-order valence-corrected chi connectivity index (χ4v) is 2.52. The van der Waals surface area contributed by atoms with Crippen molar-refractivity contribution < 1.29 is 4.79 Å². The molecule has 0 radical (unpaired) electrons. The Labute approximate surface area is 129 Å². The molecule has 3 aromatic heterocycles. The largest absolute Gasteiger partial charge is 0.295 e. The Balaban J connectivity index is 1.94. The molecule has 4 aromatic rings. The molecule has 4 rings (SSSR count). The van der Waals surface area contributed by atoms with Crippen molar-refractivity contribution in [3.05, 3.63) is 65.0 Å². The third-order valence-electron chi connectivity index (χ3n) is 3.73. The summed E-state index contributed by atoms with van der Waals surface area (Å²) in [5, 5.41) is 4.52. The van der Waals surface area contributed by atoms with Gasteiger partial charge in [-0.3, -0.25) is 14.2 Å². The van der Waals surface area contributed by atoms with E-state index < -0.39 is 0 Å². The quantitative estimate of drug-likeness (QED) is 0.526. The van der Waals surface area contributed by atoms with Gasteiger partial charge < -0.3 is 0 Å². The van der Waals surface area contributed by atoms with Gasteiger partial charge in [-0.2, -0.15) is 14.6 Å². The lowest BCUT2D eigenvalue weighted by atomic mass is 10.1. The first-order chi connectivity index (χ1) is 11.1. The molecular formula is C16H11N5O2. The number of carbonyl (C=O) groups is 1. The zero-order valence-corrected chi connectivity index (χ0v) is 12.2. The molecule has 0 saturated heterocycles. The van der Waals surface area contributed by atoms with Gasteiger partial charge >= 0.3 is 0 Å². The summed E-state index contributed by atoms with van der Waals surface area (Å²) in [5.74, 6) is 0.431. The second kappa shape index (κ2) is 4.84. The summed E-state index contributed by atoms with van der Waals surface area (Å²) >= 11 is 0. The minimum Gasteiger partial charge on any atom is -0.295 e. The van der Waals surface area contributed by atoms with E-state index in [1.54, 1.807) is 36.5 Å². The van der Waals surface area contributed by atoms with E-state index in [9.17, 15) is 9.59 Å². The summed E-state index contributed by atoms with van der Waals surface area (Å²) in [7, 11) is 0. The number of carbonyl (C=O) groups excluding carboxylic acids is 1. The van der Waals surface area contributed by atoms with E-state index in [4.69, 9.17) is 0 Å². The van der Waals surface area contributed by atoms with Crippen molar-refractivity contribution in [3.8, 4) is 5.69 Å². The average Bonchev–Trinajstić information content (AvgIpc) is 3.04. The Kier molecular flexibility index (Phi) is 2.80. The summed E-state index contributed by atoms with van der Waals surface area (Å²) < 4.78 is 3.04. The van der Waals surface area contributed by atoms with Crippen LogP contribution in [0.1, 0.15) is 17.3 Å². The standard InChI is InChI=1S/C16H11N5O2/c1-10(22)11-2-4-12(5-3-11)20-7-6-14-13(15(20)23)8-17-16-18-9-19-21(14)16/h2-9H,1H3. The normalized spacial score (nSPS) is 11.2. The van der Waals surface area contributed by atoms with Crippen molar-refractivity contribution in [1.82, 2.24) is 24.1 Å². The van der Waals surface area contributed by atoms with Crippen LogP contribution in [0.15, 0.2) is 53.8 Å². The van der Waals surface area contributed by atoms with Gasteiger partial charge in [-0.05, 0) is 37.3 Å². The maximum Gasteiger partial charge on any atom is 0.266 e. The van der Waals surface area contributed by atoms with Crippen LogP contribution < -0.4 is 5.56 Å². The highest BCUT2D eigenvalue weighted by Crippen LogP contribution is 2.13. The first-order valence-corrected chi connectivity index (χ1v) is 6.96. The van der Waals surface area contributed by atoms with Crippen molar-refractivity contribution in [2.45, 2.75) is 6.92 Å². The number of rotatable bonds is 2. The topological polar surface area (TPSA) is 82.2 Å². The van der Waals surface area contributed by atoms with Crippen LogP contribution in [0.5, 0.6) is 0 Å². The fourth-order valence-electron chi connectivity index (χ4n) is 2.52. The number of pyridine rings is 1. The van der Waals surface area contributed by atoms with E-state index in [0.29, 0.717) is 27.9 Å². The van der Waals surface area contributed by atoms with Crippen molar-refractivity contribution in [2.75, 3.05) is 0 Å². The molecule has 0 aliphatic rings. The molecule has 0 saturated carbocycles. The highest BCUT2D eigenvalue weighted by molar-refractivity contribution is 5.94. The van der Waals surface area contributed by atoms with E-state index in [1.807, 2.05) is 0 Å². The van der Waals surface area contributed by atoms with Crippen LogP contribution in [0.25, 0.3) is 22.4 Å². The predicted octanol–water partition coefficient (Wildman–Crippen LogP) is 1.63. The lowest BCUT2D eigenvalue weighted by molar-refractivity contribution is 0.101. The van der Waals surface area contributed by atoms with E-state index in [0.717, 1.165) is 0 Å². The maximum atomic E-state index is 12.7. The molecule has 3 heterocycles. The van der Waals surface area contributed by atoms with E-state index >= 15 is 0 Å². The van der Waals surface area contributed by atoms with E-state index in [-0.39, 0.29) is 11.3 Å². The summed E-state index contributed by atoms with van der Waals surface area (Å²) in [6, 6.07) is 8.68. The summed E-state index contributed by atoms with van der Waals surface area (Å²) in [6.45, 7) is 1.51. The molecule has 7 nitrogen and oxygen atoms in total. The van der Waals surface area contributed by atoms with Crippen molar-refractivity contribution >= 4 is 22.5 Å². The molecule has 0 amide bonds. The molecule has 0 atom stereocenters. The Morgan fingerprint density at radius 2 is 1.87 bits per heavy atom. The zero-order valence-electron chi connectivity index (χ0n) is 12.2. The van der Waals surface area contributed by atoms with Gasteiger partial charge in [-0.15, -0.1) is 0 Å². The first-order valence-electron chi connectivity index (χ1n) is 6.96. The second-order valence-electron chi connectivity index (χ2n) is 5.12. The number of Topliss-reactive ketones (excluding diaryl/α,β-unsaturated/α-hetero) is 1. The molecule has 0 bridgehead atoms. The maximum absolute atomic E-state index is 12.7. The van der Waals surface area contributed by atoms with Gasteiger partial charge in [0.15, 0.2) is 5.78 Å². The van der Waals surface area contributed by atoms with Gasteiger partial charge in [0.05, 0.1) is 10.9 Å². The molecule has 0 aliphatic heterocycles. The number of hydrogen-bond acceptors (Lipinski definition) is 5. The molecule has 1 aromatic carbocycles. The third kappa shape index (κ3) is 2.02. The molecule has 112 valence electrons. The highest BCUT2D eigenvalue weighted by Gasteiger charge is 2.09. The van der Waals surface area contributed by atoms with Gasteiger partial charge in [0.2, 0.25) is 0 Å². The van der Waals surface area contributed by atoms with Gasteiger partial charge in [0, 0.05) is 23.6 Å². The van der Waals surface area contributed by atoms with E-state index in [1.165, 1.54) is 28.5 Å². The monoisotopic (exact) mass is 305 g/mol. The third-order valence-corrected chi connectivity index (χ3v) is 3.73. The first kappa shape index (κ1) is 13.3. The Morgan fingerprint density at radius 3 is 2.61 bits per heavy atom. The van der Waals surface area contributed by atoms with Crippen LogP contribution in [-0.2, 0) is 0 Å². The number of hydrogen-bond donors (Lipinski definition) is 0. The van der Waals surface area contributed by atoms with Crippen LogP contribution in [0, 0.1) is 0 Å². The molecule has 23 heavy (non-hydrogen) atoms. The van der Waals surface area contributed by atoms with Gasteiger partial charge in [-0.25, -0.2) is 4.98 Å². The van der Waals surface area contributed by atoms with Crippen molar-refractivity contribution in [3.63, 3.8) is 0 Å². The average molecular weight is 305 g/mol. The molecule has 7 heteroatoms. The smallest absolute Gasteiger partial charge is 0.266 e. The molecule has 0 spiro atoms. The Morgan fingerprint density at radius 1 is 1.09 bits per heavy atom. The zero-order chi connectivity index (χ0) is 16.0. The SMILES string of the molecule is CC(=O)c1ccc(-n2ccc3c(cnc4ncnn43)c2=O)cc1. The molecular weight excluding hydrogens is 294 g/mol. The van der Waals surface area contributed by atoms with Gasteiger partial charge in [0.1, 0.15) is 6.33 Å². The summed E-state index contributed by atoms with van der Waals surface area (Å²) in [5.41, 5.74) is 1.73.